The summed E-state index contributed by atoms with van der Waals surface area (Å²) in [6, 6.07) is 18.3. The molecule has 1 saturated heterocycles. The highest BCUT2D eigenvalue weighted by Crippen LogP contribution is 2.33. The van der Waals surface area contributed by atoms with Crippen LogP contribution in [-0.2, 0) is 11.3 Å². The number of amides is 1. The maximum Gasteiger partial charge on any atom is 0.238 e. The number of nitrogens with one attached hydrogen (secondary N) is 1. The molecule has 0 saturated carbocycles. The highest BCUT2D eigenvalue weighted by molar-refractivity contribution is 9.10. The lowest BCUT2D eigenvalue weighted by Gasteiger charge is -2.35. The Labute approximate surface area is 225 Å². The van der Waals surface area contributed by atoms with E-state index in [2.05, 4.69) is 75.8 Å². The summed E-state index contributed by atoms with van der Waals surface area (Å²) in [5.41, 5.74) is 2.79. The first-order chi connectivity index (χ1) is 17.4. The van der Waals surface area contributed by atoms with Crippen LogP contribution in [0.4, 0.5) is 10.1 Å². The molecule has 1 aromatic heterocycles. The number of β-amino-alcohol motifs (C(OH)–C–C–N with tert-alkyl or cyclic N) is 1. The second-order valence-corrected chi connectivity index (χ2v) is 11.1. The first kappa shape index (κ1) is 25.4. The molecule has 1 atom stereocenters. The maximum absolute atomic E-state index is 13.0. The van der Waals surface area contributed by atoms with Gasteiger partial charge in [-0.3, -0.25) is 14.6 Å². The van der Waals surface area contributed by atoms with Crippen LogP contribution in [0.1, 0.15) is 0 Å². The molecule has 0 radical (unpaired) electrons. The minimum Gasteiger partial charge on any atom is -0.390 e. The van der Waals surface area contributed by atoms with Gasteiger partial charge >= 0.3 is 0 Å². The number of carbonyl (C=O) groups excluding carboxylic acids is 1. The molecule has 0 aliphatic carbocycles. The Morgan fingerprint density at radius 1 is 0.861 bits per heavy atom. The van der Waals surface area contributed by atoms with Crippen molar-refractivity contribution in [3.05, 3.63) is 75.4 Å². The van der Waals surface area contributed by atoms with E-state index in [4.69, 9.17) is 0 Å². The number of aliphatic hydroxyl groups excluding tert-OH is 1. The van der Waals surface area contributed by atoms with E-state index >= 15 is 0 Å². The number of fused-ring (bicyclic) bond motifs is 3. The predicted octanol–water partition coefficient (Wildman–Crippen LogP) is 5.08. The number of anilines is 1. The quantitative estimate of drug-likeness (QED) is 0.304. The zero-order valence-electron chi connectivity index (χ0n) is 19.6. The summed E-state index contributed by atoms with van der Waals surface area (Å²) in [6.45, 7) is 4.44. The minimum atomic E-state index is -0.524. The molecule has 5 rings (SSSR count). The van der Waals surface area contributed by atoms with Gasteiger partial charge in [-0.05, 0) is 60.7 Å². The van der Waals surface area contributed by atoms with Crippen molar-refractivity contribution in [2.75, 3.05) is 44.6 Å². The molecule has 2 heterocycles. The third kappa shape index (κ3) is 5.81. The van der Waals surface area contributed by atoms with Crippen molar-refractivity contribution in [1.29, 1.82) is 0 Å². The number of piperazine rings is 1. The lowest BCUT2D eigenvalue weighted by atomic mass is 10.2. The van der Waals surface area contributed by atoms with Gasteiger partial charge in [-0.15, -0.1) is 0 Å². The number of halogens is 3. The van der Waals surface area contributed by atoms with E-state index in [1.807, 2.05) is 12.1 Å². The fraction of sp³-hybridized carbons (Fsp3) is 0.296. The molecular formula is C27H27Br2FN4O2. The Balaban J connectivity index is 1.17. The summed E-state index contributed by atoms with van der Waals surface area (Å²) >= 11 is 7.16. The molecule has 1 fully saturated rings. The zero-order chi connectivity index (χ0) is 25.2. The van der Waals surface area contributed by atoms with Gasteiger partial charge in [0.15, 0.2) is 0 Å². The lowest BCUT2D eigenvalue weighted by Crippen LogP contribution is -2.50. The monoisotopic (exact) mass is 616 g/mol. The molecule has 9 heteroatoms. The van der Waals surface area contributed by atoms with Gasteiger partial charge in [0.25, 0.3) is 0 Å². The largest absolute Gasteiger partial charge is 0.390 e. The van der Waals surface area contributed by atoms with Crippen molar-refractivity contribution in [3.8, 4) is 0 Å². The van der Waals surface area contributed by atoms with E-state index in [9.17, 15) is 14.3 Å². The van der Waals surface area contributed by atoms with Crippen molar-refractivity contribution in [2.24, 2.45) is 0 Å². The van der Waals surface area contributed by atoms with Gasteiger partial charge in [-0.25, -0.2) is 4.39 Å². The van der Waals surface area contributed by atoms with Crippen LogP contribution in [0.25, 0.3) is 21.8 Å². The lowest BCUT2D eigenvalue weighted by molar-refractivity contribution is -0.117. The van der Waals surface area contributed by atoms with Crippen LogP contribution in [0.5, 0.6) is 0 Å². The maximum atomic E-state index is 13.0. The summed E-state index contributed by atoms with van der Waals surface area (Å²) in [5, 5.41) is 16.1. The van der Waals surface area contributed by atoms with Gasteiger partial charge in [0.2, 0.25) is 5.91 Å². The number of rotatable bonds is 7. The van der Waals surface area contributed by atoms with Crippen LogP contribution in [0.2, 0.25) is 0 Å². The molecule has 1 aliphatic heterocycles. The van der Waals surface area contributed by atoms with Gasteiger partial charge in [-0.1, -0.05) is 31.9 Å². The number of aromatic nitrogens is 1. The normalized spacial score (nSPS) is 16.0. The number of hydrogen-bond donors (Lipinski definition) is 2. The van der Waals surface area contributed by atoms with E-state index in [-0.39, 0.29) is 11.7 Å². The Hall–Kier alpha value is -2.30. The van der Waals surface area contributed by atoms with Crippen LogP contribution in [0, 0.1) is 5.82 Å². The van der Waals surface area contributed by atoms with E-state index in [0.717, 1.165) is 56.9 Å². The molecule has 0 spiro atoms. The van der Waals surface area contributed by atoms with E-state index in [1.165, 1.54) is 12.1 Å². The summed E-state index contributed by atoms with van der Waals surface area (Å²) < 4.78 is 17.3. The van der Waals surface area contributed by atoms with Crippen molar-refractivity contribution >= 4 is 65.3 Å². The molecule has 1 amide bonds. The third-order valence-corrected chi connectivity index (χ3v) is 7.60. The molecule has 36 heavy (non-hydrogen) atoms. The summed E-state index contributed by atoms with van der Waals surface area (Å²) in [6.07, 6.45) is -0.524. The van der Waals surface area contributed by atoms with Crippen LogP contribution < -0.4 is 5.32 Å². The van der Waals surface area contributed by atoms with Gasteiger partial charge in [0, 0.05) is 69.2 Å². The topological polar surface area (TPSA) is 60.7 Å². The summed E-state index contributed by atoms with van der Waals surface area (Å²) in [5.74, 6) is -0.440. The van der Waals surface area contributed by atoms with Gasteiger partial charge in [0.05, 0.1) is 19.2 Å². The van der Waals surface area contributed by atoms with Gasteiger partial charge < -0.3 is 15.0 Å². The molecule has 4 aromatic rings. The van der Waals surface area contributed by atoms with Crippen molar-refractivity contribution < 1.29 is 14.3 Å². The zero-order valence-corrected chi connectivity index (χ0v) is 22.8. The minimum absolute atomic E-state index is 0.111. The summed E-state index contributed by atoms with van der Waals surface area (Å²) in [7, 11) is 0. The van der Waals surface area contributed by atoms with E-state index < -0.39 is 6.10 Å². The van der Waals surface area contributed by atoms with Crippen LogP contribution in [0.15, 0.2) is 69.6 Å². The highest BCUT2D eigenvalue weighted by atomic mass is 79.9. The smallest absolute Gasteiger partial charge is 0.238 e. The standard InChI is InChI=1S/C27H27Br2FN4O2/c28-18-1-7-25-23(13-18)24-14-19(29)2-8-26(24)34(25)16-22(35)15-32-9-11-33(12-10-32)17-27(36)31-21-5-3-20(30)4-6-21/h1-8,13-14,22,35H,9-12,15-17H2,(H,31,36). The second-order valence-electron chi connectivity index (χ2n) is 9.22. The predicted molar refractivity (Wildman–Crippen MR) is 149 cm³/mol. The first-order valence-electron chi connectivity index (χ1n) is 11.9. The number of aliphatic hydroxyl groups is 1. The highest BCUT2D eigenvalue weighted by Gasteiger charge is 2.22. The Kier molecular flexibility index (Phi) is 7.73. The van der Waals surface area contributed by atoms with E-state index in [1.54, 1.807) is 12.1 Å². The number of benzene rings is 3. The molecule has 1 unspecified atom stereocenters. The van der Waals surface area contributed by atoms with Crippen molar-refractivity contribution in [1.82, 2.24) is 14.4 Å². The van der Waals surface area contributed by atoms with Gasteiger partial charge in [0.1, 0.15) is 5.82 Å². The molecule has 6 nitrogen and oxygen atoms in total. The molecule has 3 aromatic carbocycles. The SMILES string of the molecule is O=C(CN1CCN(CC(O)Cn2c3ccc(Br)cc3c3cc(Br)ccc32)CC1)Nc1ccc(F)cc1. The van der Waals surface area contributed by atoms with Crippen LogP contribution >= 0.6 is 31.9 Å². The average molecular weight is 618 g/mol. The molecule has 0 bridgehead atoms. The second kappa shape index (κ2) is 11.0. The van der Waals surface area contributed by atoms with Crippen molar-refractivity contribution in [3.63, 3.8) is 0 Å². The third-order valence-electron chi connectivity index (χ3n) is 6.61. The Morgan fingerprint density at radius 3 is 2.00 bits per heavy atom. The first-order valence-corrected chi connectivity index (χ1v) is 13.5. The average Bonchev–Trinajstić information content (AvgIpc) is 3.13. The van der Waals surface area contributed by atoms with Gasteiger partial charge in [-0.2, -0.15) is 0 Å². The fourth-order valence-corrected chi connectivity index (χ4v) is 5.60. The Bertz CT molecular complexity index is 1330. The summed E-state index contributed by atoms with van der Waals surface area (Å²) in [4.78, 5) is 16.7. The molecule has 1 aliphatic rings. The number of hydrogen-bond acceptors (Lipinski definition) is 4. The van der Waals surface area contributed by atoms with E-state index in [0.29, 0.717) is 25.3 Å². The molecule has 2 N–H and O–H groups in total. The Morgan fingerprint density at radius 2 is 1.42 bits per heavy atom. The van der Waals surface area contributed by atoms with Crippen LogP contribution in [-0.4, -0.2) is 70.8 Å². The molecular weight excluding hydrogens is 591 g/mol. The number of nitrogens with zero attached hydrogens (tertiary/aromatic N) is 3. The van der Waals surface area contributed by atoms with Crippen molar-refractivity contribution in [2.45, 2.75) is 12.6 Å². The fourth-order valence-electron chi connectivity index (χ4n) is 4.88. The van der Waals surface area contributed by atoms with Crippen LogP contribution in [0.3, 0.4) is 0 Å². The number of carbonyl (C=O) groups is 1. The molecule has 188 valence electrons.